The lowest BCUT2D eigenvalue weighted by Gasteiger charge is -2.32. The minimum Gasteiger partial charge on any atom is -0.467 e. The number of carbonyl (C=O) groups excluding carboxylic acids is 2. The second-order valence-corrected chi connectivity index (χ2v) is 4.41. The highest BCUT2D eigenvalue weighted by molar-refractivity contribution is 6.20. The van der Waals surface area contributed by atoms with Crippen molar-refractivity contribution in [1.29, 1.82) is 0 Å². The Morgan fingerprint density at radius 3 is 2.47 bits per heavy atom. The van der Waals surface area contributed by atoms with Gasteiger partial charge >= 0.3 is 11.9 Å². The SMILES string of the molecule is COC(=O)C1=CC(C)(C(=O)OC)Nc2ccccc21. The largest absolute Gasteiger partial charge is 0.467 e. The molecule has 0 amide bonds. The molecule has 0 radical (unpaired) electrons. The Morgan fingerprint density at radius 2 is 1.84 bits per heavy atom. The Morgan fingerprint density at radius 1 is 1.16 bits per heavy atom. The van der Waals surface area contributed by atoms with Crippen LogP contribution in [-0.4, -0.2) is 31.7 Å². The molecule has 1 aliphatic heterocycles. The fraction of sp³-hybridized carbons (Fsp3) is 0.286. The Kier molecular flexibility index (Phi) is 3.29. The van der Waals surface area contributed by atoms with Crippen molar-refractivity contribution >= 4 is 23.2 Å². The molecular formula is C14H15NO4. The van der Waals surface area contributed by atoms with E-state index < -0.39 is 17.5 Å². The number of benzene rings is 1. The third-order valence-corrected chi connectivity index (χ3v) is 3.06. The molecule has 0 aliphatic carbocycles. The number of hydrogen-bond acceptors (Lipinski definition) is 5. The van der Waals surface area contributed by atoms with Gasteiger partial charge in [0.1, 0.15) is 0 Å². The first-order chi connectivity index (χ1) is 9.01. The highest BCUT2D eigenvalue weighted by Crippen LogP contribution is 2.34. The van der Waals surface area contributed by atoms with Crippen LogP contribution in [0, 0.1) is 0 Å². The number of rotatable bonds is 2. The molecule has 0 spiro atoms. The minimum absolute atomic E-state index is 0.352. The van der Waals surface area contributed by atoms with E-state index >= 15 is 0 Å². The fourth-order valence-corrected chi connectivity index (χ4v) is 2.11. The molecule has 1 unspecified atom stereocenters. The topological polar surface area (TPSA) is 64.6 Å². The van der Waals surface area contributed by atoms with E-state index in [2.05, 4.69) is 5.32 Å². The Hall–Kier alpha value is -2.30. The molecule has 1 atom stereocenters. The second-order valence-electron chi connectivity index (χ2n) is 4.41. The summed E-state index contributed by atoms with van der Waals surface area (Å²) >= 11 is 0. The van der Waals surface area contributed by atoms with E-state index in [-0.39, 0.29) is 0 Å². The van der Waals surface area contributed by atoms with Gasteiger partial charge in [0, 0.05) is 11.3 Å². The molecule has 1 aromatic rings. The number of fused-ring (bicyclic) bond motifs is 1. The predicted octanol–water partition coefficient (Wildman–Crippen LogP) is 1.60. The summed E-state index contributed by atoms with van der Waals surface area (Å²) in [6, 6.07) is 7.23. The van der Waals surface area contributed by atoms with Gasteiger partial charge in [-0.3, -0.25) is 0 Å². The molecule has 0 fully saturated rings. The van der Waals surface area contributed by atoms with Crippen LogP contribution in [-0.2, 0) is 19.1 Å². The number of nitrogens with one attached hydrogen (secondary N) is 1. The zero-order valence-corrected chi connectivity index (χ0v) is 11.0. The molecule has 0 saturated carbocycles. The van der Waals surface area contributed by atoms with Crippen LogP contribution in [0.25, 0.3) is 5.57 Å². The van der Waals surface area contributed by atoms with E-state index in [1.807, 2.05) is 12.1 Å². The van der Waals surface area contributed by atoms with Crippen LogP contribution in [0.1, 0.15) is 12.5 Å². The smallest absolute Gasteiger partial charge is 0.338 e. The summed E-state index contributed by atoms with van der Waals surface area (Å²) in [5.41, 5.74) is 0.658. The van der Waals surface area contributed by atoms with Crippen molar-refractivity contribution in [3.63, 3.8) is 0 Å². The standard InChI is InChI=1S/C14H15NO4/c1-14(13(17)19-3)8-10(12(16)18-2)9-6-4-5-7-11(9)15-14/h4-8,15H,1-3H3. The summed E-state index contributed by atoms with van der Waals surface area (Å²) in [6.45, 7) is 1.65. The van der Waals surface area contributed by atoms with E-state index in [1.54, 1.807) is 19.1 Å². The lowest BCUT2D eigenvalue weighted by atomic mass is 9.89. The first-order valence-electron chi connectivity index (χ1n) is 5.79. The van der Waals surface area contributed by atoms with Gasteiger partial charge in [-0.25, -0.2) is 9.59 Å². The first-order valence-corrected chi connectivity index (χ1v) is 5.79. The number of esters is 2. The van der Waals surface area contributed by atoms with Gasteiger partial charge in [-0.1, -0.05) is 18.2 Å². The summed E-state index contributed by atoms with van der Waals surface area (Å²) < 4.78 is 9.54. The number of ether oxygens (including phenoxy) is 2. The third kappa shape index (κ3) is 2.19. The molecule has 5 nitrogen and oxygen atoms in total. The molecular weight excluding hydrogens is 246 g/mol. The number of para-hydroxylation sites is 1. The van der Waals surface area contributed by atoms with Crippen LogP contribution < -0.4 is 5.32 Å². The molecule has 0 bridgehead atoms. The van der Waals surface area contributed by atoms with Gasteiger partial charge in [0.05, 0.1) is 19.8 Å². The monoisotopic (exact) mass is 261 g/mol. The first kappa shape index (κ1) is 13.1. The average molecular weight is 261 g/mol. The Balaban J connectivity index is 2.57. The van der Waals surface area contributed by atoms with Crippen molar-refractivity contribution in [3.8, 4) is 0 Å². The van der Waals surface area contributed by atoms with Crippen molar-refractivity contribution in [1.82, 2.24) is 0 Å². The molecule has 1 N–H and O–H groups in total. The highest BCUT2D eigenvalue weighted by Gasteiger charge is 2.38. The summed E-state index contributed by atoms with van der Waals surface area (Å²) in [4.78, 5) is 23.7. The van der Waals surface area contributed by atoms with Crippen LogP contribution in [0.15, 0.2) is 30.3 Å². The molecule has 1 aromatic carbocycles. The number of methoxy groups -OCH3 is 2. The van der Waals surface area contributed by atoms with E-state index in [1.165, 1.54) is 20.3 Å². The van der Waals surface area contributed by atoms with Gasteiger partial charge in [-0.2, -0.15) is 0 Å². The Bertz CT molecular complexity index is 564. The predicted molar refractivity (Wildman–Crippen MR) is 70.5 cm³/mol. The van der Waals surface area contributed by atoms with Crippen molar-refractivity contribution in [2.45, 2.75) is 12.5 Å². The molecule has 2 rings (SSSR count). The van der Waals surface area contributed by atoms with Gasteiger partial charge < -0.3 is 14.8 Å². The minimum atomic E-state index is -1.09. The summed E-state index contributed by atoms with van der Waals surface area (Å²) in [5, 5.41) is 3.07. The van der Waals surface area contributed by atoms with E-state index in [0.717, 1.165) is 0 Å². The van der Waals surface area contributed by atoms with Crippen LogP contribution >= 0.6 is 0 Å². The second kappa shape index (κ2) is 4.76. The van der Waals surface area contributed by atoms with Crippen LogP contribution in [0.5, 0.6) is 0 Å². The molecule has 0 saturated heterocycles. The van der Waals surface area contributed by atoms with Crippen molar-refractivity contribution in [3.05, 3.63) is 35.9 Å². The van der Waals surface area contributed by atoms with Crippen LogP contribution in [0.2, 0.25) is 0 Å². The summed E-state index contributed by atoms with van der Waals surface area (Å²) in [6.07, 6.45) is 1.53. The van der Waals surface area contributed by atoms with Crippen molar-refractivity contribution in [2.24, 2.45) is 0 Å². The van der Waals surface area contributed by atoms with Crippen molar-refractivity contribution in [2.75, 3.05) is 19.5 Å². The molecule has 100 valence electrons. The lowest BCUT2D eigenvalue weighted by Crippen LogP contribution is -2.45. The Labute approximate surface area is 111 Å². The normalized spacial score (nSPS) is 20.7. The van der Waals surface area contributed by atoms with Crippen LogP contribution in [0.4, 0.5) is 5.69 Å². The van der Waals surface area contributed by atoms with Gasteiger partial charge in [0.15, 0.2) is 5.54 Å². The fourth-order valence-electron chi connectivity index (χ4n) is 2.11. The summed E-state index contributed by atoms with van der Waals surface area (Å²) in [5.74, 6) is -0.951. The lowest BCUT2D eigenvalue weighted by molar-refractivity contribution is -0.143. The van der Waals surface area contributed by atoms with E-state index in [9.17, 15) is 9.59 Å². The van der Waals surface area contributed by atoms with Gasteiger partial charge in [-0.05, 0) is 19.1 Å². The number of carbonyl (C=O) groups is 2. The van der Waals surface area contributed by atoms with Gasteiger partial charge in [-0.15, -0.1) is 0 Å². The quantitative estimate of drug-likeness (QED) is 0.819. The average Bonchev–Trinajstić information content (AvgIpc) is 2.44. The van der Waals surface area contributed by atoms with Gasteiger partial charge in [0.2, 0.25) is 0 Å². The maximum absolute atomic E-state index is 11.9. The molecule has 1 heterocycles. The zero-order chi connectivity index (χ0) is 14.0. The summed E-state index contributed by atoms with van der Waals surface area (Å²) in [7, 11) is 2.62. The number of hydrogen-bond donors (Lipinski definition) is 1. The van der Waals surface area contributed by atoms with E-state index in [4.69, 9.17) is 9.47 Å². The van der Waals surface area contributed by atoms with Crippen LogP contribution in [0.3, 0.4) is 0 Å². The molecule has 5 heteroatoms. The van der Waals surface area contributed by atoms with Crippen molar-refractivity contribution < 1.29 is 19.1 Å². The molecule has 0 aromatic heterocycles. The maximum Gasteiger partial charge on any atom is 0.338 e. The zero-order valence-electron chi connectivity index (χ0n) is 11.0. The third-order valence-electron chi connectivity index (χ3n) is 3.06. The highest BCUT2D eigenvalue weighted by atomic mass is 16.5. The van der Waals surface area contributed by atoms with E-state index in [0.29, 0.717) is 16.8 Å². The molecule has 1 aliphatic rings. The maximum atomic E-state index is 11.9. The van der Waals surface area contributed by atoms with Gasteiger partial charge in [0.25, 0.3) is 0 Å². The molecule has 19 heavy (non-hydrogen) atoms. The number of anilines is 1.